The Bertz CT molecular complexity index is 919. The molecule has 1 heterocycles. The van der Waals surface area contributed by atoms with Gasteiger partial charge in [-0.15, -0.1) is 0 Å². The standard InChI is InChI=1S/C17H20BrFN2O4S/c1-17(2,3)20(16(22)23)8-7-12-9-15(18)21(11-12)26(24,25)14-6-4-5-13(19)10-14/h4-6,9-11H,7-8H2,1-3H3,(H,22,23). The van der Waals surface area contributed by atoms with Crippen molar-refractivity contribution in [2.75, 3.05) is 6.54 Å². The van der Waals surface area contributed by atoms with Crippen molar-refractivity contribution in [1.29, 1.82) is 0 Å². The number of hydrogen-bond donors (Lipinski definition) is 1. The van der Waals surface area contributed by atoms with Crippen LogP contribution < -0.4 is 0 Å². The van der Waals surface area contributed by atoms with Crippen molar-refractivity contribution in [3.8, 4) is 0 Å². The topological polar surface area (TPSA) is 79.6 Å². The second kappa shape index (κ2) is 7.40. The summed E-state index contributed by atoms with van der Waals surface area (Å²) in [5.74, 6) is -0.642. The molecule has 9 heteroatoms. The van der Waals surface area contributed by atoms with Crippen LogP contribution in [0.4, 0.5) is 9.18 Å². The minimum atomic E-state index is -3.95. The summed E-state index contributed by atoms with van der Waals surface area (Å²) in [6.07, 6.45) is 0.712. The highest BCUT2D eigenvalue weighted by molar-refractivity contribution is 9.10. The van der Waals surface area contributed by atoms with Gasteiger partial charge in [-0.1, -0.05) is 6.07 Å². The Morgan fingerprint density at radius 3 is 2.50 bits per heavy atom. The van der Waals surface area contributed by atoms with Gasteiger partial charge in [0.1, 0.15) is 10.4 Å². The van der Waals surface area contributed by atoms with Gasteiger partial charge in [-0.25, -0.2) is 21.6 Å². The molecule has 0 bridgehead atoms. The van der Waals surface area contributed by atoms with Crippen molar-refractivity contribution in [2.45, 2.75) is 37.6 Å². The molecule has 1 aromatic carbocycles. The monoisotopic (exact) mass is 446 g/mol. The Labute approximate surface area is 160 Å². The number of carbonyl (C=O) groups is 1. The summed E-state index contributed by atoms with van der Waals surface area (Å²) in [6.45, 7) is 5.58. The average Bonchev–Trinajstić information content (AvgIpc) is 2.87. The molecule has 0 saturated heterocycles. The van der Waals surface area contributed by atoms with E-state index in [1.165, 1.54) is 29.3 Å². The molecule has 6 nitrogen and oxygen atoms in total. The maximum atomic E-state index is 13.4. The first-order chi connectivity index (χ1) is 11.9. The highest BCUT2D eigenvalue weighted by Crippen LogP contribution is 2.24. The number of nitrogens with zero attached hydrogens (tertiary/aromatic N) is 2. The second-order valence-electron chi connectivity index (χ2n) is 6.78. The highest BCUT2D eigenvalue weighted by Gasteiger charge is 2.26. The number of carboxylic acid groups (broad SMARTS) is 1. The van der Waals surface area contributed by atoms with Gasteiger partial charge in [-0.2, -0.15) is 0 Å². The molecule has 1 aromatic heterocycles. The zero-order valence-electron chi connectivity index (χ0n) is 14.6. The van der Waals surface area contributed by atoms with Crippen LogP contribution in [0.3, 0.4) is 0 Å². The van der Waals surface area contributed by atoms with E-state index in [1.807, 2.05) is 0 Å². The lowest BCUT2D eigenvalue weighted by molar-refractivity contribution is 0.101. The molecule has 2 aromatic rings. The minimum absolute atomic E-state index is 0.165. The quantitative estimate of drug-likeness (QED) is 0.753. The van der Waals surface area contributed by atoms with Crippen molar-refractivity contribution in [2.24, 2.45) is 0 Å². The van der Waals surface area contributed by atoms with E-state index in [4.69, 9.17) is 0 Å². The Hall–Kier alpha value is -1.87. The van der Waals surface area contributed by atoms with Crippen LogP contribution in [0.25, 0.3) is 0 Å². The van der Waals surface area contributed by atoms with E-state index in [1.54, 1.807) is 26.8 Å². The third kappa shape index (κ3) is 4.45. The summed E-state index contributed by atoms with van der Waals surface area (Å²) in [5.41, 5.74) is 0.0755. The lowest BCUT2D eigenvalue weighted by Crippen LogP contribution is -2.45. The lowest BCUT2D eigenvalue weighted by Gasteiger charge is -2.33. The molecule has 0 atom stereocenters. The Morgan fingerprint density at radius 2 is 1.96 bits per heavy atom. The van der Waals surface area contributed by atoms with Crippen LogP contribution in [-0.2, 0) is 16.4 Å². The summed E-state index contributed by atoms with van der Waals surface area (Å²) in [7, 11) is -3.95. The van der Waals surface area contributed by atoms with E-state index in [0.717, 1.165) is 10.0 Å². The fraction of sp³-hybridized carbons (Fsp3) is 0.353. The summed E-state index contributed by atoms with van der Waals surface area (Å²) >= 11 is 3.20. The van der Waals surface area contributed by atoms with Gasteiger partial charge in [0, 0.05) is 18.3 Å². The molecule has 0 aliphatic rings. The highest BCUT2D eigenvalue weighted by atomic mass is 79.9. The average molecular weight is 447 g/mol. The minimum Gasteiger partial charge on any atom is -0.465 e. The smallest absolute Gasteiger partial charge is 0.407 e. The molecule has 0 fully saturated rings. The van der Waals surface area contributed by atoms with Crippen molar-refractivity contribution >= 4 is 32.0 Å². The van der Waals surface area contributed by atoms with E-state index < -0.39 is 27.5 Å². The number of amides is 1. The number of benzene rings is 1. The van der Waals surface area contributed by atoms with Gasteiger partial charge in [0.25, 0.3) is 10.0 Å². The Kier molecular flexibility index (Phi) is 5.82. The van der Waals surface area contributed by atoms with Gasteiger partial charge >= 0.3 is 6.09 Å². The van der Waals surface area contributed by atoms with Gasteiger partial charge in [-0.3, -0.25) is 0 Å². The van der Waals surface area contributed by atoms with Gasteiger partial charge in [0.2, 0.25) is 0 Å². The molecular weight excluding hydrogens is 427 g/mol. The molecule has 2 rings (SSSR count). The first-order valence-corrected chi connectivity index (χ1v) is 10.0. The molecule has 1 amide bonds. The first-order valence-electron chi connectivity index (χ1n) is 7.81. The van der Waals surface area contributed by atoms with Gasteiger partial charge in [-0.05, 0) is 73.0 Å². The Morgan fingerprint density at radius 1 is 1.31 bits per heavy atom. The van der Waals surface area contributed by atoms with Crippen LogP contribution in [0.1, 0.15) is 26.3 Å². The fourth-order valence-electron chi connectivity index (χ4n) is 2.49. The first kappa shape index (κ1) is 20.4. The van der Waals surface area contributed by atoms with Crippen molar-refractivity contribution in [3.63, 3.8) is 0 Å². The lowest BCUT2D eigenvalue weighted by atomic mass is 10.1. The predicted molar refractivity (Wildman–Crippen MR) is 99.3 cm³/mol. The van der Waals surface area contributed by atoms with E-state index in [9.17, 15) is 22.7 Å². The maximum Gasteiger partial charge on any atom is 0.407 e. The summed E-state index contributed by atoms with van der Waals surface area (Å²) in [4.78, 5) is 12.5. The van der Waals surface area contributed by atoms with E-state index in [-0.39, 0.29) is 16.0 Å². The SMILES string of the molecule is CC(C)(C)N(CCc1cc(Br)n(S(=O)(=O)c2cccc(F)c2)c1)C(=O)O. The molecule has 142 valence electrons. The third-order valence-electron chi connectivity index (χ3n) is 3.82. The normalized spacial score (nSPS) is 12.2. The van der Waals surface area contributed by atoms with Crippen LogP contribution in [-0.4, -0.2) is 40.6 Å². The molecular formula is C17H20BrFN2O4S. The second-order valence-corrected chi connectivity index (χ2v) is 9.41. The van der Waals surface area contributed by atoms with E-state index in [2.05, 4.69) is 15.9 Å². The molecule has 0 spiro atoms. The van der Waals surface area contributed by atoms with Gasteiger partial charge < -0.3 is 10.0 Å². The zero-order valence-corrected chi connectivity index (χ0v) is 17.0. The van der Waals surface area contributed by atoms with Crippen LogP contribution >= 0.6 is 15.9 Å². The largest absolute Gasteiger partial charge is 0.465 e. The van der Waals surface area contributed by atoms with Gasteiger partial charge in [0.05, 0.1) is 4.90 Å². The van der Waals surface area contributed by atoms with Gasteiger partial charge in [0.15, 0.2) is 0 Å². The number of rotatable bonds is 5. The summed E-state index contributed by atoms with van der Waals surface area (Å²) in [5, 5.41) is 9.33. The summed E-state index contributed by atoms with van der Waals surface area (Å²) in [6, 6.07) is 6.37. The molecule has 0 unspecified atom stereocenters. The fourth-order valence-corrected chi connectivity index (χ4v) is 4.75. The van der Waals surface area contributed by atoms with Crippen molar-refractivity contribution in [1.82, 2.24) is 8.87 Å². The van der Waals surface area contributed by atoms with Crippen molar-refractivity contribution < 1.29 is 22.7 Å². The number of halogens is 2. The number of hydrogen-bond acceptors (Lipinski definition) is 3. The van der Waals surface area contributed by atoms with Crippen LogP contribution in [0.15, 0.2) is 46.0 Å². The molecule has 0 aliphatic carbocycles. The molecule has 0 saturated carbocycles. The summed E-state index contributed by atoms with van der Waals surface area (Å²) < 4.78 is 40.0. The third-order valence-corrected chi connectivity index (χ3v) is 6.33. The van der Waals surface area contributed by atoms with Crippen molar-refractivity contribution in [3.05, 3.63) is 52.5 Å². The van der Waals surface area contributed by atoms with E-state index in [0.29, 0.717) is 12.0 Å². The maximum absolute atomic E-state index is 13.4. The molecule has 1 N–H and O–H groups in total. The molecule has 26 heavy (non-hydrogen) atoms. The van der Waals surface area contributed by atoms with Crippen LogP contribution in [0, 0.1) is 5.82 Å². The Balaban J connectivity index is 2.28. The molecule has 0 radical (unpaired) electrons. The van der Waals surface area contributed by atoms with Crippen LogP contribution in [0.5, 0.6) is 0 Å². The zero-order chi connectivity index (χ0) is 19.7. The van der Waals surface area contributed by atoms with E-state index >= 15 is 0 Å². The predicted octanol–water partition coefficient (Wildman–Crippen LogP) is 3.95. The number of aromatic nitrogens is 1. The van der Waals surface area contributed by atoms with Crippen LogP contribution in [0.2, 0.25) is 0 Å². The molecule has 0 aliphatic heterocycles.